The van der Waals surface area contributed by atoms with E-state index in [2.05, 4.69) is 34.5 Å². The Morgan fingerprint density at radius 2 is 2.33 bits per heavy atom. The van der Waals surface area contributed by atoms with Crippen molar-refractivity contribution >= 4 is 26.5 Å². The van der Waals surface area contributed by atoms with E-state index in [0.717, 1.165) is 24.3 Å². The van der Waals surface area contributed by atoms with E-state index in [1.165, 1.54) is 15.8 Å². The van der Waals surface area contributed by atoms with Crippen molar-refractivity contribution in [3.63, 3.8) is 0 Å². The molecule has 0 saturated carbocycles. The summed E-state index contributed by atoms with van der Waals surface area (Å²) in [6, 6.07) is 6.72. The predicted octanol–water partition coefficient (Wildman–Crippen LogP) is 3.08. The molecule has 2 heterocycles. The van der Waals surface area contributed by atoms with Crippen molar-refractivity contribution in [2.24, 2.45) is 11.7 Å². The van der Waals surface area contributed by atoms with Gasteiger partial charge < -0.3 is 5.73 Å². The topological polar surface area (TPSA) is 43.3 Å². The molecule has 1 unspecified atom stereocenters. The maximum Gasteiger partial charge on any atom is 0.194 e. The first-order chi connectivity index (χ1) is 8.78. The quantitative estimate of drug-likeness (QED) is 0.782. The second-order valence-corrected chi connectivity index (χ2v) is 5.88. The van der Waals surface area contributed by atoms with E-state index in [-0.39, 0.29) is 0 Å². The van der Waals surface area contributed by atoms with Crippen molar-refractivity contribution < 1.29 is 0 Å². The fraction of sp³-hybridized carbons (Fsp3) is 0.357. The Labute approximate surface area is 110 Å². The minimum Gasteiger partial charge on any atom is -0.330 e. The average molecular weight is 259 g/mol. The highest BCUT2D eigenvalue weighted by Gasteiger charge is 2.07. The van der Waals surface area contributed by atoms with Crippen molar-refractivity contribution in [3.05, 3.63) is 36.2 Å². The molecule has 1 atom stereocenters. The van der Waals surface area contributed by atoms with Gasteiger partial charge in [-0.1, -0.05) is 24.3 Å². The Hall–Kier alpha value is -1.39. The molecule has 3 nitrogen and oxygen atoms in total. The average Bonchev–Trinajstić information content (AvgIpc) is 2.88. The summed E-state index contributed by atoms with van der Waals surface area (Å²) in [5.41, 5.74) is 8.25. The molecule has 0 aliphatic carbocycles. The molecule has 2 N–H and O–H groups in total. The van der Waals surface area contributed by atoms with Crippen LogP contribution in [0.25, 0.3) is 15.2 Å². The largest absolute Gasteiger partial charge is 0.330 e. The maximum absolute atomic E-state index is 5.60. The normalized spacial score (nSPS) is 13.4. The number of nitrogens with zero attached hydrogens (tertiary/aromatic N) is 2. The molecule has 0 amide bonds. The van der Waals surface area contributed by atoms with Crippen LogP contribution in [0.2, 0.25) is 0 Å². The lowest BCUT2D eigenvalue weighted by atomic mass is 9.98. The number of imidazole rings is 1. The molecule has 0 bridgehead atoms. The minimum atomic E-state index is 0.650. The zero-order valence-electron chi connectivity index (χ0n) is 10.5. The van der Waals surface area contributed by atoms with Gasteiger partial charge in [0, 0.05) is 12.4 Å². The van der Waals surface area contributed by atoms with Gasteiger partial charge in [-0.05, 0) is 43.0 Å². The van der Waals surface area contributed by atoms with Crippen molar-refractivity contribution in [1.82, 2.24) is 9.38 Å². The minimum absolute atomic E-state index is 0.650. The summed E-state index contributed by atoms with van der Waals surface area (Å²) in [7, 11) is 0. The molecule has 0 saturated heterocycles. The zero-order valence-corrected chi connectivity index (χ0v) is 11.3. The molecule has 0 spiro atoms. The van der Waals surface area contributed by atoms with Crippen LogP contribution < -0.4 is 5.73 Å². The first-order valence-corrected chi connectivity index (χ1v) is 7.14. The molecule has 4 heteroatoms. The van der Waals surface area contributed by atoms with E-state index >= 15 is 0 Å². The van der Waals surface area contributed by atoms with Gasteiger partial charge in [0.1, 0.15) is 0 Å². The highest BCUT2D eigenvalue weighted by atomic mass is 32.1. The molecule has 0 aliphatic rings. The molecule has 1 aromatic carbocycles. The second kappa shape index (κ2) is 4.71. The van der Waals surface area contributed by atoms with Crippen LogP contribution in [0.1, 0.15) is 18.9 Å². The van der Waals surface area contributed by atoms with Gasteiger partial charge >= 0.3 is 0 Å². The molecule has 0 radical (unpaired) electrons. The standard InChI is InChI=1S/C14H17N3S/c1-10(4-5-15)8-11-2-3-12-13(9-11)18-14-16-6-7-17(12)14/h2-3,6-7,9-10H,4-5,8,15H2,1H3. The number of hydrogen-bond acceptors (Lipinski definition) is 3. The van der Waals surface area contributed by atoms with Crippen LogP contribution in [0.3, 0.4) is 0 Å². The summed E-state index contributed by atoms with van der Waals surface area (Å²) in [5, 5.41) is 0. The molecule has 0 aliphatic heterocycles. The van der Waals surface area contributed by atoms with Crippen LogP contribution in [-0.4, -0.2) is 15.9 Å². The fourth-order valence-corrected chi connectivity index (χ4v) is 3.45. The van der Waals surface area contributed by atoms with E-state index in [1.807, 2.05) is 12.4 Å². The van der Waals surface area contributed by atoms with E-state index in [4.69, 9.17) is 5.73 Å². The van der Waals surface area contributed by atoms with Gasteiger partial charge in [0.05, 0.1) is 10.2 Å². The monoisotopic (exact) mass is 259 g/mol. The van der Waals surface area contributed by atoms with Gasteiger partial charge in [-0.2, -0.15) is 0 Å². The third-order valence-corrected chi connectivity index (χ3v) is 4.37. The fourth-order valence-electron chi connectivity index (χ4n) is 2.40. The summed E-state index contributed by atoms with van der Waals surface area (Å²) < 4.78 is 3.46. The number of benzene rings is 1. The Bertz CT molecular complexity index is 668. The molecular weight excluding hydrogens is 242 g/mol. The lowest BCUT2D eigenvalue weighted by molar-refractivity contribution is 0.539. The van der Waals surface area contributed by atoms with Crippen LogP contribution in [0.4, 0.5) is 0 Å². The number of aromatic nitrogens is 2. The molecule has 2 aromatic heterocycles. The highest BCUT2D eigenvalue weighted by Crippen LogP contribution is 2.27. The van der Waals surface area contributed by atoms with Crippen molar-refractivity contribution in [2.45, 2.75) is 19.8 Å². The Morgan fingerprint density at radius 3 is 3.17 bits per heavy atom. The second-order valence-electron chi connectivity index (χ2n) is 4.87. The molecule has 94 valence electrons. The third-order valence-electron chi connectivity index (χ3n) is 3.34. The lowest BCUT2D eigenvalue weighted by Crippen LogP contribution is -2.07. The molecule has 3 rings (SSSR count). The molecule has 18 heavy (non-hydrogen) atoms. The summed E-state index contributed by atoms with van der Waals surface area (Å²) in [5.74, 6) is 0.650. The highest BCUT2D eigenvalue weighted by molar-refractivity contribution is 7.23. The van der Waals surface area contributed by atoms with Crippen LogP contribution in [0.5, 0.6) is 0 Å². The van der Waals surface area contributed by atoms with Crippen LogP contribution in [0, 0.1) is 5.92 Å². The number of hydrogen-bond donors (Lipinski definition) is 1. The number of fused-ring (bicyclic) bond motifs is 3. The predicted molar refractivity (Wildman–Crippen MR) is 77.1 cm³/mol. The summed E-state index contributed by atoms with van der Waals surface area (Å²) in [6.45, 7) is 3.04. The Balaban J connectivity index is 1.95. The molecule has 0 fully saturated rings. The number of thiazole rings is 1. The van der Waals surface area contributed by atoms with Gasteiger partial charge in [-0.3, -0.25) is 4.40 Å². The van der Waals surface area contributed by atoms with E-state index < -0.39 is 0 Å². The maximum atomic E-state index is 5.60. The SMILES string of the molecule is CC(CCN)Cc1ccc2c(c1)sc1nccn12. The first-order valence-electron chi connectivity index (χ1n) is 6.32. The summed E-state index contributed by atoms with van der Waals surface area (Å²) >= 11 is 1.75. The summed E-state index contributed by atoms with van der Waals surface area (Å²) in [4.78, 5) is 5.41. The van der Waals surface area contributed by atoms with E-state index in [0.29, 0.717) is 5.92 Å². The first kappa shape index (κ1) is 11.7. The van der Waals surface area contributed by atoms with E-state index in [1.54, 1.807) is 11.3 Å². The van der Waals surface area contributed by atoms with Crippen molar-refractivity contribution in [2.75, 3.05) is 6.54 Å². The number of rotatable bonds is 4. The molecular formula is C14H17N3S. The smallest absolute Gasteiger partial charge is 0.194 e. The van der Waals surface area contributed by atoms with Crippen LogP contribution in [0.15, 0.2) is 30.6 Å². The van der Waals surface area contributed by atoms with Gasteiger partial charge in [-0.15, -0.1) is 0 Å². The zero-order chi connectivity index (χ0) is 12.5. The Kier molecular flexibility index (Phi) is 3.06. The van der Waals surface area contributed by atoms with E-state index in [9.17, 15) is 0 Å². The van der Waals surface area contributed by atoms with Gasteiger partial charge in [0.2, 0.25) is 0 Å². The van der Waals surface area contributed by atoms with Crippen LogP contribution in [-0.2, 0) is 6.42 Å². The van der Waals surface area contributed by atoms with Crippen molar-refractivity contribution in [1.29, 1.82) is 0 Å². The van der Waals surface area contributed by atoms with Crippen LogP contribution >= 0.6 is 11.3 Å². The third kappa shape index (κ3) is 2.02. The van der Waals surface area contributed by atoms with Crippen molar-refractivity contribution in [3.8, 4) is 0 Å². The summed E-state index contributed by atoms with van der Waals surface area (Å²) in [6.07, 6.45) is 6.06. The van der Waals surface area contributed by atoms with Gasteiger partial charge in [0.25, 0.3) is 0 Å². The van der Waals surface area contributed by atoms with Gasteiger partial charge in [-0.25, -0.2) is 4.98 Å². The Morgan fingerprint density at radius 1 is 1.44 bits per heavy atom. The molecule has 3 aromatic rings. The number of nitrogens with two attached hydrogens (primary N) is 1. The van der Waals surface area contributed by atoms with Gasteiger partial charge in [0.15, 0.2) is 4.96 Å². The lowest BCUT2D eigenvalue weighted by Gasteiger charge is -2.09.